The lowest BCUT2D eigenvalue weighted by Gasteiger charge is -2.41. The first-order valence-corrected chi connectivity index (χ1v) is 15.6. The number of anilines is 1. The number of halogens is 2. The first-order chi connectivity index (χ1) is 21.7. The van der Waals surface area contributed by atoms with Crippen molar-refractivity contribution in [3.63, 3.8) is 0 Å². The number of piperazine rings is 1. The van der Waals surface area contributed by atoms with Gasteiger partial charge in [0.2, 0.25) is 0 Å². The van der Waals surface area contributed by atoms with Crippen molar-refractivity contribution in [2.45, 2.75) is 66.0 Å². The summed E-state index contributed by atoms with van der Waals surface area (Å²) in [4.78, 5) is 44.5. The molecule has 1 saturated heterocycles. The van der Waals surface area contributed by atoms with Gasteiger partial charge in [-0.15, -0.1) is 0 Å². The van der Waals surface area contributed by atoms with E-state index in [2.05, 4.69) is 9.97 Å². The van der Waals surface area contributed by atoms with Gasteiger partial charge in [-0.25, -0.2) is 23.5 Å². The van der Waals surface area contributed by atoms with E-state index >= 15 is 4.39 Å². The van der Waals surface area contributed by atoms with E-state index < -0.39 is 23.2 Å². The molecule has 4 aromatic heterocycles. The van der Waals surface area contributed by atoms with Crippen LogP contribution in [0.25, 0.3) is 38.9 Å². The SMILES string of the molecule is Cc1ccnc(C(C)C)c1-n1c(=O)nc(N2CCN(C(=O)OC(C)(C)C)C[C@@H]2C)c2cc(F)c(-c3c(Cl)ccc4ccoc34)nc21. The number of ether oxygens (including phenoxy) is 1. The molecular weight excluding hydrogens is 611 g/mol. The van der Waals surface area contributed by atoms with Crippen LogP contribution in [0.2, 0.25) is 5.02 Å². The van der Waals surface area contributed by atoms with E-state index in [1.165, 1.54) is 16.9 Å². The van der Waals surface area contributed by atoms with E-state index in [4.69, 9.17) is 25.7 Å². The zero-order valence-electron chi connectivity index (χ0n) is 26.9. The van der Waals surface area contributed by atoms with Crippen molar-refractivity contribution in [2.75, 3.05) is 24.5 Å². The number of benzene rings is 1. The fourth-order valence-corrected chi connectivity index (χ4v) is 6.22. The van der Waals surface area contributed by atoms with E-state index in [1.807, 2.05) is 59.4 Å². The van der Waals surface area contributed by atoms with E-state index in [9.17, 15) is 9.59 Å². The minimum Gasteiger partial charge on any atom is -0.464 e. The lowest BCUT2D eigenvalue weighted by atomic mass is 10.0. The molecule has 1 aromatic carbocycles. The minimum atomic E-state index is -0.654. The summed E-state index contributed by atoms with van der Waals surface area (Å²) in [6.07, 6.45) is 2.79. The molecule has 1 fully saturated rings. The van der Waals surface area contributed by atoms with Gasteiger partial charge in [0.05, 0.1) is 33.6 Å². The number of hydrogen-bond acceptors (Lipinski definition) is 8. The Morgan fingerprint density at radius 3 is 2.61 bits per heavy atom. The second kappa shape index (κ2) is 11.7. The first kappa shape index (κ1) is 31.5. The summed E-state index contributed by atoms with van der Waals surface area (Å²) in [5, 5.41) is 1.32. The predicted molar refractivity (Wildman–Crippen MR) is 177 cm³/mol. The van der Waals surface area contributed by atoms with Crippen LogP contribution in [-0.4, -0.2) is 61.8 Å². The lowest BCUT2D eigenvalue weighted by molar-refractivity contribution is 0.0218. The van der Waals surface area contributed by atoms with Crippen molar-refractivity contribution in [1.82, 2.24) is 24.4 Å². The highest BCUT2D eigenvalue weighted by atomic mass is 35.5. The van der Waals surface area contributed by atoms with E-state index in [0.717, 1.165) is 10.9 Å². The van der Waals surface area contributed by atoms with Crippen LogP contribution >= 0.6 is 11.6 Å². The van der Waals surface area contributed by atoms with Crippen molar-refractivity contribution < 1.29 is 18.3 Å². The number of carbonyl (C=O) groups is 1. The molecule has 0 unspecified atom stereocenters. The predicted octanol–water partition coefficient (Wildman–Crippen LogP) is 7.26. The molecular formula is C34H36ClFN6O4. The highest BCUT2D eigenvalue weighted by molar-refractivity contribution is 6.34. The van der Waals surface area contributed by atoms with Gasteiger partial charge in [-0.05, 0) is 76.4 Å². The van der Waals surface area contributed by atoms with Crippen molar-refractivity contribution in [2.24, 2.45) is 0 Å². The van der Waals surface area contributed by atoms with Crippen molar-refractivity contribution >= 4 is 45.5 Å². The van der Waals surface area contributed by atoms with E-state index in [0.29, 0.717) is 42.0 Å². The Bertz CT molecular complexity index is 2050. The summed E-state index contributed by atoms with van der Waals surface area (Å²) < 4.78 is 29.0. The Balaban J connectivity index is 1.59. The van der Waals surface area contributed by atoms with Gasteiger partial charge in [0.1, 0.15) is 22.7 Å². The van der Waals surface area contributed by atoms with Gasteiger partial charge in [-0.3, -0.25) is 4.98 Å². The molecule has 1 amide bonds. The number of carbonyl (C=O) groups excluding carboxylic acids is 1. The molecule has 6 rings (SSSR count). The number of fused-ring (bicyclic) bond motifs is 2. The largest absolute Gasteiger partial charge is 0.464 e. The monoisotopic (exact) mass is 646 g/mol. The number of pyridine rings is 2. The summed E-state index contributed by atoms with van der Waals surface area (Å²) in [7, 11) is 0. The molecule has 0 bridgehead atoms. The molecule has 1 atom stereocenters. The number of nitrogens with zero attached hydrogens (tertiary/aromatic N) is 6. The molecule has 1 aliphatic heterocycles. The second-order valence-electron chi connectivity index (χ2n) is 13.0. The smallest absolute Gasteiger partial charge is 0.410 e. The average Bonchev–Trinajstić information content (AvgIpc) is 3.45. The Morgan fingerprint density at radius 2 is 1.91 bits per heavy atom. The third-order valence-electron chi connectivity index (χ3n) is 8.09. The minimum absolute atomic E-state index is 0.0382. The van der Waals surface area contributed by atoms with Crippen LogP contribution in [-0.2, 0) is 4.74 Å². The Hall–Kier alpha value is -4.51. The van der Waals surface area contributed by atoms with Gasteiger partial charge < -0.3 is 19.0 Å². The fourth-order valence-electron chi connectivity index (χ4n) is 5.98. The van der Waals surface area contributed by atoms with Crippen LogP contribution in [0.5, 0.6) is 0 Å². The number of hydrogen-bond donors (Lipinski definition) is 0. The molecule has 0 saturated carbocycles. The quantitative estimate of drug-likeness (QED) is 0.201. The average molecular weight is 647 g/mol. The summed E-state index contributed by atoms with van der Waals surface area (Å²) in [6, 6.07) is 8.11. The Labute approximate surface area is 270 Å². The fraction of sp³-hybridized carbons (Fsp3) is 0.382. The molecule has 0 aliphatic carbocycles. The maximum Gasteiger partial charge on any atom is 0.410 e. The van der Waals surface area contributed by atoms with Gasteiger partial charge >= 0.3 is 11.8 Å². The lowest BCUT2D eigenvalue weighted by Crippen LogP contribution is -2.55. The van der Waals surface area contributed by atoms with Gasteiger partial charge in [0, 0.05) is 37.3 Å². The second-order valence-corrected chi connectivity index (χ2v) is 13.4. The van der Waals surface area contributed by atoms with Crippen LogP contribution in [0.1, 0.15) is 58.7 Å². The molecule has 0 N–H and O–H groups in total. The number of furan rings is 1. The summed E-state index contributed by atoms with van der Waals surface area (Å²) >= 11 is 6.64. The zero-order chi connectivity index (χ0) is 33.1. The third kappa shape index (κ3) is 5.57. The van der Waals surface area contributed by atoms with Crippen molar-refractivity contribution in [3.8, 4) is 16.9 Å². The van der Waals surface area contributed by atoms with Crippen LogP contribution < -0.4 is 10.6 Å². The molecule has 10 nitrogen and oxygen atoms in total. The summed E-state index contributed by atoms with van der Waals surface area (Å²) in [5.41, 5.74) is 1.59. The molecule has 12 heteroatoms. The van der Waals surface area contributed by atoms with Crippen LogP contribution in [0.15, 0.2) is 52.0 Å². The highest BCUT2D eigenvalue weighted by Crippen LogP contribution is 2.39. The first-order valence-electron chi connectivity index (χ1n) is 15.2. The van der Waals surface area contributed by atoms with Crippen molar-refractivity contribution in [1.29, 1.82) is 0 Å². The molecule has 0 spiro atoms. The zero-order valence-corrected chi connectivity index (χ0v) is 27.6. The maximum absolute atomic E-state index is 16.3. The highest BCUT2D eigenvalue weighted by Gasteiger charge is 2.33. The number of aryl methyl sites for hydroxylation is 1. The van der Waals surface area contributed by atoms with E-state index in [-0.39, 0.29) is 39.7 Å². The van der Waals surface area contributed by atoms with Crippen LogP contribution in [0, 0.1) is 12.7 Å². The number of aromatic nitrogens is 4. The molecule has 240 valence electrons. The van der Waals surface area contributed by atoms with Crippen LogP contribution in [0.4, 0.5) is 15.0 Å². The number of rotatable bonds is 4. The molecule has 1 aliphatic rings. The van der Waals surface area contributed by atoms with Gasteiger partial charge in [0.25, 0.3) is 0 Å². The third-order valence-corrected chi connectivity index (χ3v) is 8.40. The van der Waals surface area contributed by atoms with Gasteiger partial charge in [-0.1, -0.05) is 25.4 Å². The molecule has 0 radical (unpaired) electrons. The Kier molecular flexibility index (Phi) is 8.00. The molecule has 5 aromatic rings. The molecule has 46 heavy (non-hydrogen) atoms. The molecule has 5 heterocycles. The van der Waals surface area contributed by atoms with Gasteiger partial charge in [-0.2, -0.15) is 4.98 Å². The summed E-state index contributed by atoms with van der Waals surface area (Å²) in [5.74, 6) is -0.414. The van der Waals surface area contributed by atoms with Gasteiger partial charge in [0.15, 0.2) is 11.5 Å². The van der Waals surface area contributed by atoms with Crippen molar-refractivity contribution in [3.05, 3.63) is 75.4 Å². The normalized spacial score (nSPS) is 15.7. The van der Waals surface area contributed by atoms with E-state index in [1.54, 1.807) is 29.3 Å². The standard InChI is InChI=1S/C34H36ClFN6O4/c1-18(2)26-28(19(3)10-12-37-26)42-31-22(16-24(36)27(38-31)25-23(35)9-8-21-11-15-45-29(21)25)30(39-32(42)43)41-14-13-40(17-20(41)4)33(44)46-34(5,6)7/h8-12,15-16,18,20H,13-14,17H2,1-7H3/t20-/m0/s1. The topological polar surface area (TPSA) is 107 Å². The summed E-state index contributed by atoms with van der Waals surface area (Å²) in [6.45, 7) is 14.2. The number of amides is 1. The maximum atomic E-state index is 16.3. The Morgan fingerprint density at radius 1 is 1.15 bits per heavy atom. The van der Waals surface area contributed by atoms with Crippen LogP contribution in [0.3, 0.4) is 0 Å².